The minimum absolute atomic E-state index is 0.0441. The van der Waals surface area contributed by atoms with Gasteiger partial charge in [-0.1, -0.05) is 23.7 Å². The van der Waals surface area contributed by atoms with E-state index in [1.54, 1.807) is 0 Å². The van der Waals surface area contributed by atoms with Crippen LogP contribution in [-0.2, 0) is 11.3 Å². The molecule has 0 spiro atoms. The molecule has 1 N–H and O–H groups in total. The lowest BCUT2D eigenvalue weighted by atomic mass is 9.97. The van der Waals surface area contributed by atoms with Gasteiger partial charge in [-0.25, -0.2) is 9.97 Å². The topological polar surface area (TPSA) is 58.1 Å². The number of amides is 1. The second kappa shape index (κ2) is 7.83. The zero-order chi connectivity index (χ0) is 17.8. The van der Waals surface area contributed by atoms with Gasteiger partial charge in [0.05, 0.1) is 5.92 Å². The lowest BCUT2D eigenvalue weighted by molar-refractivity contribution is -0.125. The maximum absolute atomic E-state index is 12.6. The standard InChI is InChI=1S/C19H23ClN4O/c1-13-9-14(2)23-19(22-13)24-8-4-6-16(12-24)18(25)21-11-15-5-3-7-17(20)10-15/h3,5,7,9-10,16H,4,6,8,11-12H2,1-2H3,(H,21,25)/t16-/m1/s1. The summed E-state index contributed by atoms with van der Waals surface area (Å²) < 4.78 is 0. The van der Waals surface area contributed by atoms with Crippen molar-refractivity contribution in [2.24, 2.45) is 5.92 Å². The molecule has 1 saturated heterocycles. The Morgan fingerprint density at radius 2 is 2.04 bits per heavy atom. The SMILES string of the molecule is Cc1cc(C)nc(N2CCC[C@@H](C(=O)NCc3cccc(Cl)c3)C2)n1. The van der Waals surface area contributed by atoms with Crippen molar-refractivity contribution in [2.45, 2.75) is 33.2 Å². The Morgan fingerprint density at radius 3 is 2.76 bits per heavy atom. The lowest BCUT2D eigenvalue weighted by Crippen LogP contribution is -2.43. The van der Waals surface area contributed by atoms with Gasteiger partial charge in [0.25, 0.3) is 0 Å². The summed E-state index contributed by atoms with van der Waals surface area (Å²) in [4.78, 5) is 23.7. The molecule has 132 valence electrons. The van der Waals surface area contributed by atoms with Crippen molar-refractivity contribution in [1.82, 2.24) is 15.3 Å². The van der Waals surface area contributed by atoms with E-state index in [4.69, 9.17) is 11.6 Å². The first kappa shape index (κ1) is 17.7. The molecule has 2 heterocycles. The van der Waals surface area contributed by atoms with Crippen LogP contribution < -0.4 is 10.2 Å². The second-order valence-electron chi connectivity index (χ2n) is 6.58. The molecule has 0 aliphatic carbocycles. The van der Waals surface area contributed by atoms with Crippen LogP contribution in [0.5, 0.6) is 0 Å². The highest BCUT2D eigenvalue weighted by Crippen LogP contribution is 2.21. The van der Waals surface area contributed by atoms with E-state index < -0.39 is 0 Å². The Kier molecular flexibility index (Phi) is 5.53. The first-order chi connectivity index (χ1) is 12.0. The highest BCUT2D eigenvalue weighted by Gasteiger charge is 2.27. The summed E-state index contributed by atoms with van der Waals surface area (Å²) in [7, 11) is 0. The monoisotopic (exact) mass is 358 g/mol. The Labute approximate surface area is 153 Å². The molecule has 1 aromatic carbocycles. The van der Waals surface area contributed by atoms with E-state index in [1.807, 2.05) is 44.2 Å². The first-order valence-corrected chi connectivity index (χ1v) is 8.98. The zero-order valence-electron chi connectivity index (χ0n) is 14.6. The van der Waals surface area contributed by atoms with E-state index in [-0.39, 0.29) is 11.8 Å². The normalized spacial score (nSPS) is 17.4. The summed E-state index contributed by atoms with van der Waals surface area (Å²) in [5, 5.41) is 3.71. The van der Waals surface area contributed by atoms with Crippen molar-refractivity contribution in [1.29, 1.82) is 0 Å². The molecule has 5 nitrogen and oxygen atoms in total. The summed E-state index contributed by atoms with van der Waals surface area (Å²) >= 11 is 5.99. The maximum Gasteiger partial charge on any atom is 0.225 e. The van der Waals surface area contributed by atoms with Crippen LogP contribution in [0.4, 0.5) is 5.95 Å². The summed E-state index contributed by atoms with van der Waals surface area (Å²) in [6.45, 7) is 5.98. The number of nitrogens with one attached hydrogen (secondary N) is 1. The summed E-state index contributed by atoms with van der Waals surface area (Å²) in [5.41, 5.74) is 2.91. The number of anilines is 1. The van der Waals surface area contributed by atoms with Crippen LogP contribution >= 0.6 is 11.6 Å². The number of hydrogen-bond acceptors (Lipinski definition) is 4. The number of rotatable bonds is 4. The van der Waals surface area contributed by atoms with Gasteiger partial charge in [0, 0.05) is 36.0 Å². The van der Waals surface area contributed by atoms with Crippen LogP contribution in [0.3, 0.4) is 0 Å². The van der Waals surface area contributed by atoms with Gasteiger partial charge in [0.1, 0.15) is 0 Å². The quantitative estimate of drug-likeness (QED) is 0.911. The number of benzene rings is 1. The number of nitrogens with zero attached hydrogens (tertiary/aromatic N) is 3. The molecule has 2 aromatic rings. The molecule has 1 aliphatic heterocycles. The van der Waals surface area contributed by atoms with E-state index in [1.165, 1.54) is 0 Å². The van der Waals surface area contributed by atoms with Gasteiger partial charge in [-0.05, 0) is 50.5 Å². The zero-order valence-corrected chi connectivity index (χ0v) is 15.4. The van der Waals surface area contributed by atoms with Gasteiger partial charge in [-0.3, -0.25) is 4.79 Å². The predicted molar refractivity (Wildman–Crippen MR) is 99.7 cm³/mol. The van der Waals surface area contributed by atoms with Crippen molar-refractivity contribution >= 4 is 23.5 Å². The molecule has 0 saturated carbocycles. The van der Waals surface area contributed by atoms with Gasteiger partial charge in [-0.15, -0.1) is 0 Å². The van der Waals surface area contributed by atoms with Crippen LogP contribution in [0, 0.1) is 19.8 Å². The smallest absolute Gasteiger partial charge is 0.225 e. The summed E-state index contributed by atoms with van der Waals surface area (Å²) in [6, 6.07) is 9.52. The maximum atomic E-state index is 12.6. The fourth-order valence-electron chi connectivity index (χ4n) is 3.20. The molecule has 6 heteroatoms. The van der Waals surface area contributed by atoms with Crippen LogP contribution in [0.25, 0.3) is 0 Å². The van der Waals surface area contributed by atoms with Gasteiger partial charge < -0.3 is 10.2 Å². The van der Waals surface area contributed by atoms with E-state index >= 15 is 0 Å². The molecule has 3 rings (SSSR count). The van der Waals surface area contributed by atoms with E-state index in [9.17, 15) is 4.79 Å². The van der Waals surface area contributed by atoms with Crippen LogP contribution in [0.2, 0.25) is 5.02 Å². The fraction of sp³-hybridized carbons (Fsp3) is 0.421. The van der Waals surface area contributed by atoms with Crippen LogP contribution in [-0.4, -0.2) is 29.0 Å². The molecule has 0 unspecified atom stereocenters. The van der Waals surface area contributed by atoms with Crippen LogP contribution in [0.15, 0.2) is 30.3 Å². The van der Waals surface area contributed by atoms with Crippen molar-refractivity contribution < 1.29 is 4.79 Å². The van der Waals surface area contributed by atoms with Gasteiger partial charge >= 0.3 is 0 Å². The molecule has 1 amide bonds. The average molecular weight is 359 g/mol. The van der Waals surface area contributed by atoms with Gasteiger partial charge in [0.15, 0.2) is 0 Å². The third-order valence-corrected chi connectivity index (χ3v) is 4.64. The van der Waals surface area contributed by atoms with Crippen molar-refractivity contribution in [3.63, 3.8) is 0 Å². The second-order valence-corrected chi connectivity index (χ2v) is 7.02. The number of aromatic nitrogens is 2. The summed E-state index contributed by atoms with van der Waals surface area (Å²) in [6.07, 6.45) is 1.86. The number of carbonyl (C=O) groups excluding carboxylic acids is 1. The third kappa shape index (κ3) is 4.69. The highest BCUT2D eigenvalue weighted by molar-refractivity contribution is 6.30. The lowest BCUT2D eigenvalue weighted by Gasteiger charge is -2.32. The number of hydrogen-bond donors (Lipinski definition) is 1. The number of halogens is 1. The van der Waals surface area contributed by atoms with E-state index in [0.717, 1.165) is 42.3 Å². The van der Waals surface area contributed by atoms with Gasteiger partial charge in [-0.2, -0.15) is 0 Å². The largest absolute Gasteiger partial charge is 0.352 e. The Morgan fingerprint density at radius 1 is 1.28 bits per heavy atom. The third-order valence-electron chi connectivity index (χ3n) is 4.40. The first-order valence-electron chi connectivity index (χ1n) is 8.60. The molecule has 0 bridgehead atoms. The molecule has 0 radical (unpaired) electrons. The molecule has 1 aliphatic rings. The Balaban J connectivity index is 1.61. The molecular formula is C19H23ClN4O. The van der Waals surface area contributed by atoms with Crippen LogP contribution in [0.1, 0.15) is 29.8 Å². The number of aryl methyl sites for hydroxylation is 2. The van der Waals surface area contributed by atoms with Crippen molar-refractivity contribution in [3.8, 4) is 0 Å². The molecule has 1 aromatic heterocycles. The Hall–Kier alpha value is -2.14. The average Bonchev–Trinajstić information content (AvgIpc) is 2.59. The molecular weight excluding hydrogens is 336 g/mol. The minimum Gasteiger partial charge on any atom is -0.352 e. The van der Waals surface area contributed by atoms with E-state index in [0.29, 0.717) is 18.1 Å². The fourth-order valence-corrected chi connectivity index (χ4v) is 3.41. The van der Waals surface area contributed by atoms with E-state index in [2.05, 4.69) is 20.2 Å². The van der Waals surface area contributed by atoms with Crippen molar-refractivity contribution in [2.75, 3.05) is 18.0 Å². The number of piperidine rings is 1. The molecule has 1 atom stereocenters. The van der Waals surface area contributed by atoms with Crippen molar-refractivity contribution in [3.05, 3.63) is 52.3 Å². The highest BCUT2D eigenvalue weighted by atomic mass is 35.5. The summed E-state index contributed by atoms with van der Waals surface area (Å²) in [5.74, 6) is 0.760. The Bertz CT molecular complexity index is 745. The predicted octanol–water partition coefficient (Wildman–Crippen LogP) is 3.28. The molecule has 25 heavy (non-hydrogen) atoms. The molecule has 1 fully saturated rings. The van der Waals surface area contributed by atoms with Gasteiger partial charge in [0.2, 0.25) is 11.9 Å². The minimum atomic E-state index is -0.0441. The number of carbonyl (C=O) groups is 1.